The molecule has 0 bridgehead atoms. The third-order valence-corrected chi connectivity index (χ3v) is 3.13. The molecule has 2 aromatic carbocycles. The van der Waals surface area contributed by atoms with Crippen LogP contribution in [0.2, 0.25) is 0 Å². The van der Waals surface area contributed by atoms with Crippen LogP contribution in [0.1, 0.15) is 27.0 Å². The molecule has 1 amide bonds. The summed E-state index contributed by atoms with van der Waals surface area (Å²) in [6.07, 6.45) is 0. The molecule has 3 nitrogen and oxygen atoms in total. The van der Waals surface area contributed by atoms with Gasteiger partial charge in [0.1, 0.15) is 0 Å². The second-order valence-electron chi connectivity index (χ2n) is 4.91. The van der Waals surface area contributed by atoms with Crippen molar-refractivity contribution in [2.24, 2.45) is 0 Å². The number of nitrogens with one attached hydrogen (secondary N) is 1. The van der Waals surface area contributed by atoms with Crippen molar-refractivity contribution in [3.8, 4) is 0 Å². The van der Waals surface area contributed by atoms with Crippen LogP contribution in [0.5, 0.6) is 0 Å². The van der Waals surface area contributed by atoms with E-state index >= 15 is 0 Å². The van der Waals surface area contributed by atoms with Crippen LogP contribution < -0.4 is 5.32 Å². The molecule has 0 atom stereocenters. The van der Waals surface area contributed by atoms with E-state index in [1.807, 2.05) is 56.3 Å². The van der Waals surface area contributed by atoms with Crippen LogP contribution in [0, 0.1) is 13.8 Å². The maximum atomic E-state index is 12.3. The van der Waals surface area contributed by atoms with E-state index < -0.39 is 0 Å². The average Bonchev–Trinajstić information content (AvgIpc) is 2.42. The van der Waals surface area contributed by atoms with Gasteiger partial charge in [-0.3, -0.25) is 4.79 Å². The molecule has 0 spiro atoms. The van der Waals surface area contributed by atoms with Gasteiger partial charge in [-0.1, -0.05) is 29.8 Å². The van der Waals surface area contributed by atoms with E-state index in [-0.39, 0.29) is 5.91 Å². The molecule has 0 saturated carbocycles. The van der Waals surface area contributed by atoms with Gasteiger partial charge in [0, 0.05) is 18.4 Å². The number of carbonyl (C=O) groups is 1. The Kier molecular flexibility index (Phi) is 4.53. The van der Waals surface area contributed by atoms with Gasteiger partial charge in [0.15, 0.2) is 0 Å². The topological polar surface area (TPSA) is 38.3 Å². The van der Waals surface area contributed by atoms with Gasteiger partial charge in [0.05, 0.1) is 6.61 Å². The number of anilines is 1. The molecule has 0 saturated heterocycles. The number of amides is 1. The number of rotatable bonds is 4. The summed E-state index contributed by atoms with van der Waals surface area (Å²) in [5, 5.41) is 2.93. The predicted octanol–water partition coefficient (Wildman–Crippen LogP) is 3.70. The molecule has 0 fully saturated rings. The molecule has 0 aliphatic heterocycles. The minimum Gasteiger partial charge on any atom is -0.380 e. The first kappa shape index (κ1) is 14.3. The van der Waals surface area contributed by atoms with Crippen molar-refractivity contribution in [3.63, 3.8) is 0 Å². The lowest BCUT2D eigenvalue weighted by Crippen LogP contribution is -2.13. The fourth-order valence-corrected chi connectivity index (χ4v) is 2.08. The van der Waals surface area contributed by atoms with Crippen molar-refractivity contribution in [2.45, 2.75) is 20.5 Å². The monoisotopic (exact) mass is 269 g/mol. The molecule has 0 aromatic heterocycles. The Labute approximate surface area is 119 Å². The van der Waals surface area contributed by atoms with E-state index in [4.69, 9.17) is 4.74 Å². The lowest BCUT2D eigenvalue weighted by Gasteiger charge is -2.09. The Morgan fingerprint density at radius 1 is 1.15 bits per heavy atom. The van der Waals surface area contributed by atoms with E-state index in [1.54, 1.807) is 7.11 Å². The Morgan fingerprint density at radius 3 is 2.70 bits per heavy atom. The summed E-state index contributed by atoms with van der Waals surface area (Å²) in [6, 6.07) is 13.6. The summed E-state index contributed by atoms with van der Waals surface area (Å²) in [5.74, 6) is -0.0826. The van der Waals surface area contributed by atoms with Crippen LogP contribution in [0.15, 0.2) is 42.5 Å². The van der Waals surface area contributed by atoms with E-state index in [0.29, 0.717) is 12.2 Å². The molecule has 20 heavy (non-hydrogen) atoms. The van der Waals surface area contributed by atoms with Gasteiger partial charge in [0.25, 0.3) is 5.91 Å². The quantitative estimate of drug-likeness (QED) is 0.919. The van der Waals surface area contributed by atoms with Crippen LogP contribution >= 0.6 is 0 Å². The molecular weight excluding hydrogens is 250 g/mol. The number of benzene rings is 2. The summed E-state index contributed by atoms with van der Waals surface area (Å²) in [5.41, 5.74) is 4.58. The zero-order valence-corrected chi connectivity index (χ0v) is 12.1. The third kappa shape index (κ3) is 3.45. The molecule has 1 N–H and O–H groups in total. The third-order valence-electron chi connectivity index (χ3n) is 3.13. The smallest absolute Gasteiger partial charge is 0.255 e. The summed E-state index contributed by atoms with van der Waals surface area (Å²) in [7, 11) is 1.65. The number of carbonyl (C=O) groups excluding carboxylic acids is 1. The summed E-state index contributed by atoms with van der Waals surface area (Å²) in [4.78, 5) is 12.3. The average molecular weight is 269 g/mol. The fourth-order valence-electron chi connectivity index (χ4n) is 2.08. The maximum absolute atomic E-state index is 12.3. The molecular formula is C17H19NO2. The Morgan fingerprint density at radius 2 is 1.95 bits per heavy atom. The molecule has 0 aliphatic carbocycles. The molecule has 3 heteroatoms. The van der Waals surface area contributed by atoms with Gasteiger partial charge >= 0.3 is 0 Å². The van der Waals surface area contributed by atoms with Crippen LogP contribution in [0.25, 0.3) is 0 Å². The number of methoxy groups -OCH3 is 1. The van der Waals surface area contributed by atoms with Gasteiger partial charge in [-0.05, 0) is 43.2 Å². The minimum absolute atomic E-state index is 0.0826. The standard InChI is InChI=1S/C17H19NO2/c1-12-7-8-13(2)16(9-12)17(19)18-15-6-4-5-14(10-15)11-20-3/h4-10H,11H2,1-3H3,(H,18,19). The number of ether oxygens (including phenoxy) is 1. The lowest BCUT2D eigenvalue weighted by molar-refractivity contribution is 0.102. The second kappa shape index (κ2) is 6.35. The van der Waals surface area contributed by atoms with Crippen LogP contribution in [0.3, 0.4) is 0 Å². The Balaban J connectivity index is 2.19. The first-order chi connectivity index (χ1) is 9.60. The highest BCUT2D eigenvalue weighted by Gasteiger charge is 2.09. The van der Waals surface area contributed by atoms with Gasteiger partial charge in [-0.25, -0.2) is 0 Å². The van der Waals surface area contributed by atoms with Crippen LogP contribution in [0.4, 0.5) is 5.69 Å². The van der Waals surface area contributed by atoms with Crippen molar-refractivity contribution in [3.05, 3.63) is 64.7 Å². The van der Waals surface area contributed by atoms with Crippen molar-refractivity contribution < 1.29 is 9.53 Å². The lowest BCUT2D eigenvalue weighted by atomic mass is 10.0. The zero-order chi connectivity index (χ0) is 14.5. The second-order valence-corrected chi connectivity index (χ2v) is 4.91. The van der Waals surface area contributed by atoms with E-state index in [0.717, 1.165) is 22.4 Å². The SMILES string of the molecule is COCc1cccc(NC(=O)c2cc(C)ccc2C)c1. The first-order valence-corrected chi connectivity index (χ1v) is 6.56. The van der Waals surface area contributed by atoms with E-state index in [2.05, 4.69) is 5.32 Å². The number of hydrogen-bond acceptors (Lipinski definition) is 2. The molecule has 2 rings (SSSR count). The summed E-state index contributed by atoms with van der Waals surface area (Å²) >= 11 is 0. The largest absolute Gasteiger partial charge is 0.380 e. The highest BCUT2D eigenvalue weighted by molar-refractivity contribution is 6.05. The highest BCUT2D eigenvalue weighted by atomic mass is 16.5. The van der Waals surface area contributed by atoms with Crippen molar-refractivity contribution in [1.29, 1.82) is 0 Å². The number of hydrogen-bond donors (Lipinski definition) is 1. The van der Waals surface area contributed by atoms with Gasteiger partial charge in [0.2, 0.25) is 0 Å². The van der Waals surface area contributed by atoms with Crippen molar-refractivity contribution in [1.82, 2.24) is 0 Å². The molecule has 0 radical (unpaired) electrons. The van der Waals surface area contributed by atoms with Gasteiger partial charge < -0.3 is 10.1 Å². The summed E-state index contributed by atoms with van der Waals surface area (Å²) < 4.78 is 5.09. The molecule has 0 heterocycles. The van der Waals surface area contributed by atoms with Crippen molar-refractivity contribution in [2.75, 3.05) is 12.4 Å². The highest BCUT2D eigenvalue weighted by Crippen LogP contribution is 2.16. The van der Waals surface area contributed by atoms with E-state index in [9.17, 15) is 4.79 Å². The Bertz CT molecular complexity index is 620. The van der Waals surface area contributed by atoms with E-state index in [1.165, 1.54) is 0 Å². The predicted molar refractivity (Wildman–Crippen MR) is 81.0 cm³/mol. The summed E-state index contributed by atoms with van der Waals surface area (Å²) in [6.45, 7) is 4.46. The zero-order valence-electron chi connectivity index (χ0n) is 12.1. The molecule has 0 aliphatic rings. The number of aryl methyl sites for hydroxylation is 2. The molecule has 0 unspecified atom stereocenters. The van der Waals surface area contributed by atoms with Crippen molar-refractivity contribution >= 4 is 11.6 Å². The Hall–Kier alpha value is -2.13. The molecule has 2 aromatic rings. The fraction of sp³-hybridized carbons (Fsp3) is 0.235. The maximum Gasteiger partial charge on any atom is 0.255 e. The normalized spacial score (nSPS) is 10.3. The molecule has 104 valence electrons. The van der Waals surface area contributed by atoms with Gasteiger partial charge in [-0.2, -0.15) is 0 Å². The van der Waals surface area contributed by atoms with Crippen LogP contribution in [-0.4, -0.2) is 13.0 Å². The minimum atomic E-state index is -0.0826. The first-order valence-electron chi connectivity index (χ1n) is 6.56. The van der Waals surface area contributed by atoms with Gasteiger partial charge in [-0.15, -0.1) is 0 Å². The van der Waals surface area contributed by atoms with Crippen LogP contribution in [-0.2, 0) is 11.3 Å².